The minimum absolute atomic E-state index is 0.0709. The van der Waals surface area contributed by atoms with Crippen LogP contribution in [0.2, 0.25) is 0 Å². The number of nitrogens with one attached hydrogen (secondary N) is 1. The van der Waals surface area contributed by atoms with Gasteiger partial charge in [0.25, 0.3) is 0 Å². The van der Waals surface area contributed by atoms with Gasteiger partial charge in [0.2, 0.25) is 0 Å². The molecule has 1 saturated carbocycles. The predicted molar refractivity (Wildman–Crippen MR) is 87.0 cm³/mol. The van der Waals surface area contributed by atoms with E-state index in [1.165, 1.54) is 12.8 Å². The quantitative estimate of drug-likeness (QED) is 0.905. The van der Waals surface area contributed by atoms with Gasteiger partial charge in [-0.3, -0.25) is 0 Å². The number of hydrogen-bond donors (Lipinski definition) is 1. The summed E-state index contributed by atoms with van der Waals surface area (Å²) in [5.41, 5.74) is 2.13. The third-order valence-electron chi connectivity index (χ3n) is 5.25. The maximum Gasteiger partial charge on any atom is 0.123 e. The van der Waals surface area contributed by atoms with Crippen LogP contribution >= 0.6 is 0 Å². The fraction of sp³-hybridized carbons (Fsp3) is 0.667. The molecule has 3 heteroatoms. The molecular formula is C18H29FN2. The summed E-state index contributed by atoms with van der Waals surface area (Å²) < 4.78 is 13.8. The van der Waals surface area contributed by atoms with E-state index >= 15 is 0 Å². The molecule has 21 heavy (non-hydrogen) atoms. The smallest absolute Gasteiger partial charge is 0.123 e. The van der Waals surface area contributed by atoms with Crippen LogP contribution in [0.3, 0.4) is 0 Å². The van der Waals surface area contributed by atoms with Gasteiger partial charge in [-0.15, -0.1) is 0 Å². The standard InChI is InChI=1S/C18H29FN2/c1-13-6-8-18(9-7-13,21(4)5)17(20-3)15-10-14(2)11-16(19)12-15/h10-13,17,20H,6-9H2,1-5H3. The molecule has 1 aromatic carbocycles. The van der Waals surface area contributed by atoms with E-state index in [2.05, 4.69) is 37.3 Å². The Morgan fingerprint density at radius 1 is 1.24 bits per heavy atom. The minimum Gasteiger partial charge on any atom is -0.311 e. The fourth-order valence-corrected chi connectivity index (χ4v) is 3.93. The lowest BCUT2D eigenvalue weighted by Gasteiger charge is -2.50. The molecule has 0 saturated heterocycles. The number of rotatable bonds is 4. The highest BCUT2D eigenvalue weighted by Crippen LogP contribution is 2.43. The van der Waals surface area contributed by atoms with Crippen LogP contribution < -0.4 is 5.32 Å². The van der Waals surface area contributed by atoms with Gasteiger partial charge in [0.05, 0.1) is 6.04 Å². The summed E-state index contributed by atoms with van der Waals surface area (Å²) in [6, 6.07) is 5.57. The van der Waals surface area contributed by atoms with Crippen LogP contribution in [0.25, 0.3) is 0 Å². The first-order valence-electron chi connectivity index (χ1n) is 8.01. The van der Waals surface area contributed by atoms with Crippen molar-refractivity contribution in [3.05, 3.63) is 35.1 Å². The zero-order valence-corrected chi connectivity index (χ0v) is 14.0. The topological polar surface area (TPSA) is 15.3 Å². The van der Waals surface area contributed by atoms with Crippen LogP contribution in [-0.4, -0.2) is 31.6 Å². The predicted octanol–water partition coefficient (Wildman–Crippen LogP) is 3.91. The van der Waals surface area contributed by atoms with E-state index < -0.39 is 0 Å². The third kappa shape index (κ3) is 3.29. The molecule has 1 aromatic rings. The second kappa shape index (κ2) is 6.45. The summed E-state index contributed by atoms with van der Waals surface area (Å²) in [6.45, 7) is 4.30. The van der Waals surface area contributed by atoms with Crippen LogP contribution in [0.5, 0.6) is 0 Å². The first kappa shape index (κ1) is 16.4. The number of likely N-dealkylation sites (N-methyl/N-ethyl adjacent to an activating group) is 2. The molecule has 1 aliphatic carbocycles. The van der Waals surface area contributed by atoms with Crippen molar-refractivity contribution in [1.29, 1.82) is 0 Å². The zero-order chi connectivity index (χ0) is 15.6. The lowest BCUT2D eigenvalue weighted by atomic mass is 9.70. The molecule has 2 nitrogen and oxygen atoms in total. The van der Waals surface area contributed by atoms with Gasteiger partial charge in [-0.05, 0) is 82.9 Å². The Labute approximate surface area is 128 Å². The first-order chi connectivity index (χ1) is 9.89. The van der Waals surface area contributed by atoms with Gasteiger partial charge in [0.1, 0.15) is 5.82 Å². The first-order valence-corrected chi connectivity index (χ1v) is 8.01. The molecule has 118 valence electrons. The number of hydrogen-bond acceptors (Lipinski definition) is 2. The molecule has 0 aliphatic heterocycles. The van der Waals surface area contributed by atoms with E-state index in [-0.39, 0.29) is 17.4 Å². The summed E-state index contributed by atoms with van der Waals surface area (Å²) in [5.74, 6) is 0.660. The molecule has 1 aliphatic rings. The Morgan fingerprint density at radius 3 is 2.33 bits per heavy atom. The van der Waals surface area contributed by atoms with Crippen molar-refractivity contribution in [2.24, 2.45) is 5.92 Å². The van der Waals surface area contributed by atoms with Crippen LogP contribution in [0.4, 0.5) is 4.39 Å². The molecule has 1 N–H and O–H groups in total. The normalized spacial score (nSPS) is 27.9. The van der Waals surface area contributed by atoms with Crippen LogP contribution in [0.15, 0.2) is 18.2 Å². The lowest BCUT2D eigenvalue weighted by molar-refractivity contribution is 0.0454. The highest BCUT2D eigenvalue weighted by molar-refractivity contribution is 5.29. The lowest BCUT2D eigenvalue weighted by Crippen LogP contribution is -2.55. The van der Waals surface area contributed by atoms with Crippen molar-refractivity contribution in [2.45, 2.75) is 51.1 Å². The van der Waals surface area contributed by atoms with E-state index in [0.717, 1.165) is 29.9 Å². The Balaban J connectivity index is 2.40. The van der Waals surface area contributed by atoms with Crippen molar-refractivity contribution in [3.63, 3.8) is 0 Å². The highest BCUT2D eigenvalue weighted by Gasteiger charge is 2.43. The van der Waals surface area contributed by atoms with E-state index in [1.54, 1.807) is 12.1 Å². The number of aryl methyl sites for hydroxylation is 1. The molecule has 0 heterocycles. The van der Waals surface area contributed by atoms with Gasteiger partial charge in [-0.1, -0.05) is 13.0 Å². The Morgan fingerprint density at radius 2 is 1.86 bits per heavy atom. The van der Waals surface area contributed by atoms with Gasteiger partial charge in [-0.25, -0.2) is 4.39 Å². The number of nitrogens with zero attached hydrogens (tertiary/aromatic N) is 1. The second-order valence-corrected chi connectivity index (χ2v) is 6.96. The van der Waals surface area contributed by atoms with Crippen molar-refractivity contribution in [3.8, 4) is 0 Å². The molecule has 0 amide bonds. The van der Waals surface area contributed by atoms with Gasteiger partial charge < -0.3 is 10.2 Å². The average Bonchev–Trinajstić information content (AvgIpc) is 2.40. The average molecular weight is 292 g/mol. The summed E-state index contributed by atoms with van der Waals surface area (Å²) in [7, 11) is 6.31. The monoisotopic (exact) mass is 292 g/mol. The van der Waals surface area contributed by atoms with Crippen molar-refractivity contribution in [1.82, 2.24) is 10.2 Å². The van der Waals surface area contributed by atoms with E-state index in [9.17, 15) is 4.39 Å². The number of benzene rings is 1. The molecule has 0 radical (unpaired) electrons. The molecule has 1 unspecified atom stereocenters. The molecule has 0 bridgehead atoms. The Kier molecular flexibility index (Phi) is 5.05. The van der Waals surface area contributed by atoms with E-state index in [0.29, 0.717) is 0 Å². The molecule has 1 fully saturated rings. The molecule has 1 atom stereocenters. The fourth-order valence-electron chi connectivity index (χ4n) is 3.93. The Bertz CT molecular complexity index is 456. The van der Waals surface area contributed by atoms with Gasteiger partial charge >= 0.3 is 0 Å². The van der Waals surface area contributed by atoms with Crippen molar-refractivity contribution >= 4 is 0 Å². The third-order valence-corrected chi connectivity index (χ3v) is 5.25. The van der Waals surface area contributed by atoms with Gasteiger partial charge in [0, 0.05) is 5.54 Å². The maximum atomic E-state index is 13.8. The number of halogens is 1. The van der Waals surface area contributed by atoms with Crippen LogP contribution in [-0.2, 0) is 0 Å². The molecular weight excluding hydrogens is 263 g/mol. The highest BCUT2D eigenvalue weighted by atomic mass is 19.1. The molecule has 0 aromatic heterocycles. The van der Waals surface area contributed by atoms with Crippen LogP contribution in [0, 0.1) is 18.7 Å². The van der Waals surface area contributed by atoms with Crippen molar-refractivity contribution < 1.29 is 4.39 Å². The second-order valence-electron chi connectivity index (χ2n) is 6.96. The minimum atomic E-state index is -0.136. The summed E-state index contributed by atoms with van der Waals surface area (Å²) >= 11 is 0. The van der Waals surface area contributed by atoms with Gasteiger partial charge in [-0.2, -0.15) is 0 Å². The van der Waals surface area contributed by atoms with Crippen LogP contribution in [0.1, 0.15) is 49.8 Å². The summed E-state index contributed by atoms with van der Waals surface area (Å²) in [5, 5.41) is 3.47. The van der Waals surface area contributed by atoms with Gasteiger partial charge in [0.15, 0.2) is 0 Å². The van der Waals surface area contributed by atoms with Crippen molar-refractivity contribution in [2.75, 3.05) is 21.1 Å². The SMILES string of the molecule is CNC(c1cc(C)cc(F)c1)C1(N(C)C)CCC(C)CC1. The van der Waals surface area contributed by atoms with E-state index in [4.69, 9.17) is 0 Å². The summed E-state index contributed by atoms with van der Waals surface area (Å²) in [4.78, 5) is 2.35. The largest absolute Gasteiger partial charge is 0.311 e. The van der Waals surface area contributed by atoms with E-state index in [1.807, 2.05) is 14.0 Å². The molecule has 2 rings (SSSR count). The Hall–Kier alpha value is -0.930. The summed E-state index contributed by atoms with van der Waals surface area (Å²) in [6.07, 6.45) is 4.79. The zero-order valence-electron chi connectivity index (χ0n) is 14.0. The maximum absolute atomic E-state index is 13.8. The molecule has 0 spiro atoms.